The Bertz CT molecular complexity index is 181. The summed E-state index contributed by atoms with van der Waals surface area (Å²) in [7, 11) is 0. The summed E-state index contributed by atoms with van der Waals surface area (Å²) in [6.07, 6.45) is -1.47. The molecule has 2 N–H and O–H groups in total. The number of allylic oxidation sites excluding steroid dienone is 1. The number of cyclic esters (lactones) is 1. The molecule has 0 aromatic heterocycles. The van der Waals surface area contributed by atoms with Gasteiger partial charge in [0.05, 0.1) is 0 Å². The predicted octanol–water partition coefficient (Wildman–Crippen LogP) is -0.306. The highest BCUT2D eigenvalue weighted by Gasteiger charge is 2.31. The number of rotatable bonds is 0. The number of aliphatic hydroxyl groups is 2. The zero-order chi connectivity index (χ0) is 7.02. The minimum Gasteiger partial charge on any atom is -0.506 e. The predicted molar refractivity (Wildman–Crippen MR) is 27.4 cm³/mol. The molecule has 0 aromatic carbocycles. The molecule has 1 atom stereocenters. The minimum absolute atomic E-state index is 0.0764. The second kappa shape index (κ2) is 1.73. The van der Waals surface area contributed by atoms with Crippen LogP contribution in [0.25, 0.3) is 0 Å². The van der Waals surface area contributed by atoms with Crippen LogP contribution in [0, 0.1) is 0 Å². The van der Waals surface area contributed by atoms with Gasteiger partial charge in [0.15, 0.2) is 5.76 Å². The molecule has 1 heterocycles. The van der Waals surface area contributed by atoms with E-state index in [4.69, 9.17) is 10.2 Å². The molecule has 50 valence electrons. The molecule has 1 rings (SSSR count). The van der Waals surface area contributed by atoms with Gasteiger partial charge in [0.2, 0.25) is 6.10 Å². The molecular weight excluding hydrogens is 124 g/mol. The van der Waals surface area contributed by atoms with Crippen molar-refractivity contribution in [2.75, 3.05) is 0 Å². The highest BCUT2D eigenvalue weighted by Crippen LogP contribution is 2.16. The quantitative estimate of drug-likeness (QED) is 0.441. The maximum Gasteiger partial charge on any atom is 0.348 e. The van der Waals surface area contributed by atoms with E-state index < -0.39 is 12.1 Å². The molecule has 0 saturated carbocycles. The fourth-order valence-electron chi connectivity index (χ4n) is 0.563. The Balaban J connectivity index is 2.87. The molecule has 1 aliphatic heterocycles. The molecule has 1 aliphatic rings. The number of ether oxygens (including phenoxy) is 1. The smallest absolute Gasteiger partial charge is 0.348 e. The minimum atomic E-state index is -1.47. The summed E-state index contributed by atoms with van der Waals surface area (Å²) in [5.74, 6) is -1.13. The Morgan fingerprint density at radius 2 is 2.22 bits per heavy atom. The normalized spacial score (nSPS) is 26.9. The van der Waals surface area contributed by atoms with Crippen molar-refractivity contribution >= 4 is 5.97 Å². The first kappa shape index (κ1) is 6.10. The van der Waals surface area contributed by atoms with Crippen LogP contribution in [-0.4, -0.2) is 22.3 Å². The van der Waals surface area contributed by atoms with Crippen LogP contribution in [0.1, 0.15) is 6.92 Å². The van der Waals surface area contributed by atoms with E-state index in [0.717, 1.165) is 0 Å². The molecule has 9 heavy (non-hydrogen) atoms. The summed E-state index contributed by atoms with van der Waals surface area (Å²) in [5, 5.41) is 17.4. The van der Waals surface area contributed by atoms with Crippen molar-refractivity contribution in [1.29, 1.82) is 0 Å². The van der Waals surface area contributed by atoms with E-state index >= 15 is 0 Å². The standard InChI is InChI=1S/C5H6O4/c1-2-3(6)4(7)5(8)9-2/h4,6-7H,1H3. The van der Waals surface area contributed by atoms with Crippen LogP contribution >= 0.6 is 0 Å². The Morgan fingerprint density at radius 1 is 1.67 bits per heavy atom. The van der Waals surface area contributed by atoms with E-state index in [9.17, 15) is 4.79 Å². The number of hydrogen-bond donors (Lipinski definition) is 2. The number of hydrogen-bond acceptors (Lipinski definition) is 4. The Morgan fingerprint density at radius 3 is 2.33 bits per heavy atom. The van der Waals surface area contributed by atoms with Gasteiger partial charge in [0.25, 0.3) is 0 Å². The van der Waals surface area contributed by atoms with E-state index in [1.807, 2.05) is 0 Å². The number of esters is 1. The molecule has 1 unspecified atom stereocenters. The zero-order valence-corrected chi connectivity index (χ0v) is 4.79. The van der Waals surface area contributed by atoms with E-state index in [-0.39, 0.29) is 11.5 Å². The van der Waals surface area contributed by atoms with Crippen molar-refractivity contribution < 1.29 is 19.7 Å². The first-order valence-electron chi connectivity index (χ1n) is 2.42. The zero-order valence-electron chi connectivity index (χ0n) is 4.79. The Hall–Kier alpha value is -1.03. The van der Waals surface area contributed by atoms with Crippen LogP contribution in [-0.2, 0) is 9.53 Å². The third kappa shape index (κ3) is 0.768. The average molecular weight is 130 g/mol. The third-order valence-electron chi connectivity index (χ3n) is 1.10. The SMILES string of the molecule is CC1=C(O)C(O)C(=O)O1. The van der Waals surface area contributed by atoms with Crippen molar-refractivity contribution in [1.82, 2.24) is 0 Å². The summed E-state index contributed by atoms with van der Waals surface area (Å²) < 4.78 is 4.33. The molecular formula is C5H6O4. The molecule has 4 heteroatoms. The van der Waals surface area contributed by atoms with Crippen LogP contribution < -0.4 is 0 Å². The molecule has 0 bridgehead atoms. The van der Waals surface area contributed by atoms with E-state index in [2.05, 4.69) is 4.74 Å². The number of aliphatic hydroxyl groups excluding tert-OH is 2. The monoisotopic (exact) mass is 130 g/mol. The van der Waals surface area contributed by atoms with Crippen molar-refractivity contribution in [3.63, 3.8) is 0 Å². The lowest BCUT2D eigenvalue weighted by Gasteiger charge is -1.92. The van der Waals surface area contributed by atoms with Crippen molar-refractivity contribution in [3.05, 3.63) is 11.5 Å². The lowest BCUT2D eigenvalue weighted by Crippen LogP contribution is -2.16. The molecule has 0 aliphatic carbocycles. The van der Waals surface area contributed by atoms with E-state index in [1.165, 1.54) is 6.92 Å². The summed E-state index contributed by atoms with van der Waals surface area (Å²) in [6, 6.07) is 0. The van der Waals surface area contributed by atoms with Gasteiger partial charge in [-0.3, -0.25) is 0 Å². The molecule has 0 amide bonds. The molecule has 4 nitrogen and oxygen atoms in total. The first-order valence-corrected chi connectivity index (χ1v) is 2.42. The second-order valence-corrected chi connectivity index (χ2v) is 1.77. The van der Waals surface area contributed by atoms with Gasteiger partial charge in [-0.1, -0.05) is 0 Å². The first-order chi connectivity index (χ1) is 4.13. The maximum absolute atomic E-state index is 10.3. The van der Waals surface area contributed by atoms with Gasteiger partial charge >= 0.3 is 5.97 Å². The summed E-state index contributed by atoms with van der Waals surface area (Å²) in [5.41, 5.74) is 0. The van der Waals surface area contributed by atoms with Gasteiger partial charge < -0.3 is 14.9 Å². The molecule has 0 spiro atoms. The summed E-state index contributed by atoms with van der Waals surface area (Å²) in [6.45, 7) is 1.41. The van der Waals surface area contributed by atoms with E-state index in [1.54, 1.807) is 0 Å². The number of carbonyl (C=O) groups excluding carboxylic acids is 1. The maximum atomic E-state index is 10.3. The van der Waals surface area contributed by atoms with Gasteiger partial charge in [-0.15, -0.1) is 0 Å². The van der Waals surface area contributed by atoms with Crippen LogP contribution in [0.4, 0.5) is 0 Å². The fraction of sp³-hybridized carbons (Fsp3) is 0.400. The summed E-state index contributed by atoms with van der Waals surface area (Å²) in [4.78, 5) is 10.3. The van der Waals surface area contributed by atoms with Gasteiger partial charge in [-0.05, 0) is 6.92 Å². The lowest BCUT2D eigenvalue weighted by atomic mass is 10.3. The largest absolute Gasteiger partial charge is 0.506 e. The Kier molecular flexibility index (Phi) is 1.17. The lowest BCUT2D eigenvalue weighted by molar-refractivity contribution is -0.144. The highest BCUT2D eigenvalue weighted by atomic mass is 16.6. The third-order valence-corrected chi connectivity index (χ3v) is 1.10. The van der Waals surface area contributed by atoms with E-state index in [0.29, 0.717) is 0 Å². The molecule has 0 fully saturated rings. The molecule has 0 radical (unpaired) electrons. The fourth-order valence-corrected chi connectivity index (χ4v) is 0.563. The second-order valence-electron chi connectivity index (χ2n) is 1.77. The van der Waals surface area contributed by atoms with Crippen molar-refractivity contribution in [3.8, 4) is 0 Å². The van der Waals surface area contributed by atoms with Gasteiger partial charge in [0, 0.05) is 0 Å². The van der Waals surface area contributed by atoms with Crippen molar-refractivity contribution in [2.24, 2.45) is 0 Å². The van der Waals surface area contributed by atoms with Crippen molar-refractivity contribution in [2.45, 2.75) is 13.0 Å². The summed E-state index contributed by atoms with van der Waals surface area (Å²) >= 11 is 0. The Labute approximate surface area is 51.4 Å². The van der Waals surface area contributed by atoms with Crippen LogP contribution in [0.2, 0.25) is 0 Å². The molecule has 0 aromatic rings. The van der Waals surface area contributed by atoms with Crippen LogP contribution in [0.5, 0.6) is 0 Å². The van der Waals surface area contributed by atoms with Gasteiger partial charge in [-0.2, -0.15) is 0 Å². The van der Waals surface area contributed by atoms with Gasteiger partial charge in [0.1, 0.15) is 5.76 Å². The number of carbonyl (C=O) groups is 1. The topological polar surface area (TPSA) is 66.8 Å². The molecule has 0 saturated heterocycles. The van der Waals surface area contributed by atoms with Crippen LogP contribution in [0.3, 0.4) is 0 Å². The highest BCUT2D eigenvalue weighted by molar-refractivity contribution is 5.81. The van der Waals surface area contributed by atoms with Gasteiger partial charge in [-0.25, -0.2) is 4.79 Å². The average Bonchev–Trinajstić information content (AvgIpc) is 1.98. The van der Waals surface area contributed by atoms with Crippen LogP contribution in [0.15, 0.2) is 11.5 Å².